The molecule has 0 aliphatic carbocycles. The van der Waals surface area contributed by atoms with Crippen LogP contribution < -0.4 is 5.32 Å². The Bertz CT molecular complexity index is 540. The van der Waals surface area contributed by atoms with E-state index >= 15 is 0 Å². The predicted octanol–water partition coefficient (Wildman–Crippen LogP) is 3.61. The van der Waals surface area contributed by atoms with E-state index in [1.54, 1.807) is 0 Å². The maximum Gasteiger partial charge on any atom is 0.0662 e. The van der Waals surface area contributed by atoms with Crippen LogP contribution in [-0.4, -0.2) is 16.3 Å². The third-order valence-corrected chi connectivity index (χ3v) is 3.76. The molecule has 0 spiro atoms. The summed E-state index contributed by atoms with van der Waals surface area (Å²) in [4.78, 5) is 0. The van der Waals surface area contributed by atoms with Crippen LogP contribution in [0.4, 0.5) is 0 Å². The highest BCUT2D eigenvalue weighted by Gasteiger charge is 2.12. The Morgan fingerprint density at radius 3 is 2.55 bits per heavy atom. The fourth-order valence-electron chi connectivity index (χ4n) is 2.38. The molecule has 1 unspecified atom stereocenters. The van der Waals surface area contributed by atoms with Crippen LogP contribution in [0.15, 0.2) is 30.5 Å². The molecule has 1 atom stereocenters. The molecule has 0 aliphatic heterocycles. The van der Waals surface area contributed by atoms with Crippen LogP contribution in [0.2, 0.25) is 0 Å². The molecule has 2 rings (SSSR count). The van der Waals surface area contributed by atoms with Gasteiger partial charge in [-0.1, -0.05) is 36.8 Å². The normalized spacial score (nSPS) is 12.6. The zero-order valence-electron chi connectivity index (χ0n) is 13.0. The molecule has 1 N–H and O–H groups in total. The quantitative estimate of drug-likeness (QED) is 0.870. The van der Waals surface area contributed by atoms with Crippen LogP contribution in [0.25, 0.3) is 0 Å². The van der Waals surface area contributed by atoms with Crippen LogP contribution in [-0.2, 0) is 6.54 Å². The van der Waals surface area contributed by atoms with Gasteiger partial charge in [0, 0.05) is 17.3 Å². The van der Waals surface area contributed by atoms with Crippen molar-refractivity contribution in [1.29, 1.82) is 0 Å². The molecule has 0 fully saturated rings. The summed E-state index contributed by atoms with van der Waals surface area (Å²) in [6.07, 6.45) is 3.15. The minimum atomic E-state index is 0.363. The summed E-state index contributed by atoms with van der Waals surface area (Å²) < 4.78 is 2.09. The van der Waals surface area contributed by atoms with Gasteiger partial charge in [0.15, 0.2) is 0 Å². The molecule has 3 nitrogen and oxygen atoms in total. The second-order valence-electron chi connectivity index (χ2n) is 5.50. The number of aryl methyl sites for hydroxylation is 1. The largest absolute Gasteiger partial charge is 0.310 e. The summed E-state index contributed by atoms with van der Waals surface area (Å²) in [5.41, 5.74) is 5.14. The molecule has 0 aliphatic rings. The molecule has 0 saturated carbocycles. The number of rotatable bonds is 6. The van der Waals surface area contributed by atoms with Gasteiger partial charge in [-0.3, -0.25) is 4.68 Å². The van der Waals surface area contributed by atoms with Gasteiger partial charge in [0.2, 0.25) is 0 Å². The predicted molar refractivity (Wildman–Crippen MR) is 84.0 cm³/mol. The van der Waals surface area contributed by atoms with Crippen LogP contribution in [0.3, 0.4) is 0 Å². The molecule has 20 heavy (non-hydrogen) atoms. The number of aromatic nitrogens is 2. The second kappa shape index (κ2) is 6.71. The van der Waals surface area contributed by atoms with E-state index in [2.05, 4.69) is 67.1 Å². The Kier molecular flexibility index (Phi) is 4.96. The SMILES string of the molecule is CCCNC(C)c1cnn(Cc2ccc(C)cc2)c1C. The van der Waals surface area contributed by atoms with Crippen molar-refractivity contribution in [1.82, 2.24) is 15.1 Å². The smallest absolute Gasteiger partial charge is 0.0662 e. The summed E-state index contributed by atoms with van der Waals surface area (Å²) in [5, 5.41) is 8.06. The van der Waals surface area contributed by atoms with Crippen molar-refractivity contribution in [3.05, 3.63) is 52.8 Å². The van der Waals surface area contributed by atoms with Gasteiger partial charge in [-0.25, -0.2) is 0 Å². The summed E-state index contributed by atoms with van der Waals surface area (Å²) in [7, 11) is 0. The molecule has 0 amide bonds. The molecule has 3 heteroatoms. The van der Waals surface area contributed by atoms with E-state index in [4.69, 9.17) is 0 Å². The molecule has 1 heterocycles. The number of hydrogen-bond donors (Lipinski definition) is 1. The zero-order chi connectivity index (χ0) is 14.5. The van der Waals surface area contributed by atoms with E-state index < -0.39 is 0 Å². The Labute approximate surface area is 122 Å². The van der Waals surface area contributed by atoms with E-state index in [9.17, 15) is 0 Å². The lowest BCUT2D eigenvalue weighted by atomic mass is 10.1. The highest BCUT2D eigenvalue weighted by Crippen LogP contribution is 2.18. The van der Waals surface area contributed by atoms with Crippen molar-refractivity contribution in [3.63, 3.8) is 0 Å². The minimum Gasteiger partial charge on any atom is -0.310 e. The van der Waals surface area contributed by atoms with Gasteiger partial charge in [-0.2, -0.15) is 5.10 Å². The third-order valence-electron chi connectivity index (χ3n) is 3.76. The average molecular weight is 271 g/mol. The number of benzene rings is 1. The van der Waals surface area contributed by atoms with Crippen LogP contribution in [0.5, 0.6) is 0 Å². The van der Waals surface area contributed by atoms with E-state index in [0.29, 0.717) is 6.04 Å². The molecule has 0 bridgehead atoms. The number of hydrogen-bond acceptors (Lipinski definition) is 2. The van der Waals surface area contributed by atoms with Gasteiger partial charge in [0.1, 0.15) is 0 Å². The minimum absolute atomic E-state index is 0.363. The van der Waals surface area contributed by atoms with Gasteiger partial charge < -0.3 is 5.32 Å². The number of nitrogens with one attached hydrogen (secondary N) is 1. The first-order valence-corrected chi connectivity index (χ1v) is 7.43. The van der Waals surface area contributed by atoms with E-state index in [0.717, 1.165) is 19.5 Å². The standard InChI is InChI=1S/C17H25N3/c1-5-10-18-14(3)17-11-19-20(15(17)4)12-16-8-6-13(2)7-9-16/h6-9,11,14,18H,5,10,12H2,1-4H3. The monoisotopic (exact) mass is 271 g/mol. The van der Waals surface area contributed by atoms with Crippen molar-refractivity contribution >= 4 is 0 Å². The lowest BCUT2D eigenvalue weighted by molar-refractivity contribution is 0.565. The fraction of sp³-hybridized carbons (Fsp3) is 0.471. The average Bonchev–Trinajstić information content (AvgIpc) is 2.80. The molecule has 0 saturated heterocycles. The third kappa shape index (κ3) is 3.48. The van der Waals surface area contributed by atoms with Crippen molar-refractivity contribution in [3.8, 4) is 0 Å². The van der Waals surface area contributed by atoms with E-state index in [-0.39, 0.29) is 0 Å². The highest BCUT2D eigenvalue weighted by molar-refractivity contribution is 5.24. The van der Waals surface area contributed by atoms with Crippen molar-refractivity contribution < 1.29 is 0 Å². The first-order valence-electron chi connectivity index (χ1n) is 7.43. The maximum atomic E-state index is 4.54. The Morgan fingerprint density at radius 2 is 1.90 bits per heavy atom. The maximum absolute atomic E-state index is 4.54. The lowest BCUT2D eigenvalue weighted by Crippen LogP contribution is -2.19. The number of nitrogens with zero attached hydrogens (tertiary/aromatic N) is 2. The summed E-state index contributed by atoms with van der Waals surface area (Å²) in [6, 6.07) is 9.02. The van der Waals surface area contributed by atoms with E-state index in [1.165, 1.54) is 22.4 Å². The van der Waals surface area contributed by atoms with Gasteiger partial charge in [-0.15, -0.1) is 0 Å². The molecular weight excluding hydrogens is 246 g/mol. The van der Waals surface area contributed by atoms with Gasteiger partial charge in [-0.05, 0) is 39.3 Å². The van der Waals surface area contributed by atoms with Crippen molar-refractivity contribution in [2.24, 2.45) is 0 Å². The Balaban J connectivity index is 2.10. The molecule has 2 aromatic rings. The summed E-state index contributed by atoms with van der Waals surface area (Å²) in [5.74, 6) is 0. The lowest BCUT2D eigenvalue weighted by Gasteiger charge is -2.13. The molecule has 1 aromatic heterocycles. The highest BCUT2D eigenvalue weighted by atomic mass is 15.3. The second-order valence-corrected chi connectivity index (χ2v) is 5.50. The van der Waals surface area contributed by atoms with Crippen LogP contribution in [0, 0.1) is 13.8 Å². The summed E-state index contributed by atoms with van der Waals surface area (Å²) >= 11 is 0. The van der Waals surface area contributed by atoms with Crippen molar-refractivity contribution in [2.75, 3.05) is 6.54 Å². The van der Waals surface area contributed by atoms with E-state index in [1.807, 2.05) is 6.20 Å². The first-order chi connectivity index (χ1) is 9.61. The molecule has 108 valence electrons. The van der Waals surface area contributed by atoms with Gasteiger partial charge in [0.25, 0.3) is 0 Å². The van der Waals surface area contributed by atoms with Crippen LogP contribution in [0.1, 0.15) is 48.7 Å². The van der Waals surface area contributed by atoms with Gasteiger partial charge in [0.05, 0.1) is 12.7 Å². The fourth-order valence-corrected chi connectivity index (χ4v) is 2.38. The van der Waals surface area contributed by atoms with Gasteiger partial charge >= 0.3 is 0 Å². The van der Waals surface area contributed by atoms with Crippen LogP contribution >= 0.6 is 0 Å². The zero-order valence-corrected chi connectivity index (χ0v) is 13.0. The molecule has 1 aromatic carbocycles. The Morgan fingerprint density at radius 1 is 1.20 bits per heavy atom. The molecule has 0 radical (unpaired) electrons. The topological polar surface area (TPSA) is 29.9 Å². The summed E-state index contributed by atoms with van der Waals surface area (Å²) in [6.45, 7) is 10.5. The molecular formula is C17H25N3. The first kappa shape index (κ1) is 14.8. The van der Waals surface area contributed by atoms with Crippen molar-refractivity contribution in [2.45, 2.75) is 46.7 Å². The Hall–Kier alpha value is -1.61.